The highest BCUT2D eigenvalue weighted by atomic mass is 19.2. The van der Waals surface area contributed by atoms with Gasteiger partial charge in [-0.1, -0.05) is 18.2 Å². The summed E-state index contributed by atoms with van der Waals surface area (Å²) < 4.78 is 40.1. The lowest BCUT2D eigenvalue weighted by Crippen LogP contribution is -1.94. The fourth-order valence-electron chi connectivity index (χ4n) is 1.59. The maximum absolute atomic E-state index is 13.5. The van der Waals surface area contributed by atoms with E-state index in [1.165, 1.54) is 24.3 Å². The molecule has 1 nitrogen and oxygen atoms in total. The van der Waals surface area contributed by atoms with Crippen molar-refractivity contribution in [3.63, 3.8) is 0 Å². The highest BCUT2D eigenvalue weighted by Gasteiger charge is 2.13. The average molecular weight is 238 g/mol. The molecule has 0 radical (unpaired) electrons. The molecule has 0 atom stereocenters. The van der Waals surface area contributed by atoms with Crippen molar-refractivity contribution in [2.75, 3.05) is 0 Å². The third kappa shape index (κ3) is 2.17. The van der Waals surface area contributed by atoms with E-state index in [2.05, 4.69) is 0 Å². The van der Waals surface area contributed by atoms with E-state index in [4.69, 9.17) is 5.11 Å². The molecule has 0 bridgehead atoms. The summed E-state index contributed by atoms with van der Waals surface area (Å²) >= 11 is 0. The summed E-state index contributed by atoms with van der Waals surface area (Å²) in [6.45, 7) is -0.287. The molecule has 0 aliphatic heterocycles. The summed E-state index contributed by atoms with van der Waals surface area (Å²) in [4.78, 5) is 0. The molecule has 0 aromatic heterocycles. The Morgan fingerprint density at radius 3 is 2.35 bits per heavy atom. The first-order chi connectivity index (χ1) is 8.13. The Labute approximate surface area is 96.1 Å². The molecule has 0 heterocycles. The smallest absolute Gasteiger partial charge is 0.166 e. The summed E-state index contributed by atoms with van der Waals surface area (Å²) in [5.41, 5.74) is 0.219. The van der Waals surface area contributed by atoms with Gasteiger partial charge in [-0.2, -0.15) is 0 Å². The molecule has 0 saturated heterocycles. The average Bonchev–Trinajstić information content (AvgIpc) is 2.34. The zero-order valence-corrected chi connectivity index (χ0v) is 8.75. The number of aliphatic hydroxyl groups is 1. The van der Waals surface area contributed by atoms with Crippen LogP contribution >= 0.6 is 0 Å². The Balaban J connectivity index is 2.63. The molecule has 0 amide bonds. The second-order valence-corrected chi connectivity index (χ2v) is 3.57. The first-order valence-electron chi connectivity index (χ1n) is 4.97. The molecule has 0 spiro atoms. The van der Waals surface area contributed by atoms with Crippen LogP contribution in [0.2, 0.25) is 0 Å². The number of hydrogen-bond donors (Lipinski definition) is 1. The third-order valence-electron chi connectivity index (χ3n) is 2.46. The van der Waals surface area contributed by atoms with Gasteiger partial charge in [0.1, 0.15) is 5.82 Å². The van der Waals surface area contributed by atoms with E-state index in [0.717, 1.165) is 12.1 Å². The molecule has 17 heavy (non-hydrogen) atoms. The maximum atomic E-state index is 13.5. The van der Waals surface area contributed by atoms with Crippen LogP contribution in [0.15, 0.2) is 36.4 Å². The van der Waals surface area contributed by atoms with Gasteiger partial charge in [-0.05, 0) is 23.8 Å². The normalized spacial score (nSPS) is 10.6. The molecule has 4 heteroatoms. The molecule has 2 aromatic rings. The summed E-state index contributed by atoms with van der Waals surface area (Å²) in [5.74, 6) is -2.79. The van der Waals surface area contributed by atoms with E-state index < -0.39 is 17.5 Å². The molecule has 2 aromatic carbocycles. The van der Waals surface area contributed by atoms with Crippen molar-refractivity contribution >= 4 is 0 Å². The van der Waals surface area contributed by atoms with Crippen molar-refractivity contribution in [2.45, 2.75) is 6.61 Å². The van der Waals surface area contributed by atoms with E-state index in [-0.39, 0.29) is 17.7 Å². The predicted molar refractivity (Wildman–Crippen MR) is 57.7 cm³/mol. The van der Waals surface area contributed by atoms with Gasteiger partial charge in [0.15, 0.2) is 11.6 Å². The van der Waals surface area contributed by atoms with Crippen LogP contribution in [0.25, 0.3) is 11.1 Å². The second-order valence-electron chi connectivity index (χ2n) is 3.57. The van der Waals surface area contributed by atoms with Gasteiger partial charge in [-0.3, -0.25) is 0 Å². The molecule has 2 rings (SSSR count). The predicted octanol–water partition coefficient (Wildman–Crippen LogP) is 3.26. The van der Waals surface area contributed by atoms with Crippen LogP contribution in [-0.2, 0) is 6.61 Å². The minimum atomic E-state index is -1.10. The molecular formula is C13H9F3O. The van der Waals surface area contributed by atoms with E-state index in [9.17, 15) is 13.2 Å². The number of aliphatic hydroxyl groups excluding tert-OH is 1. The maximum Gasteiger partial charge on any atom is 0.166 e. The van der Waals surface area contributed by atoms with Crippen LogP contribution < -0.4 is 0 Å². The van der Waals surface area contributed by atoms with E-state index in [0.29, 0.717) is 5.56 Å². The van der Waals surface area contributed by atoms with Gasteiger partial charge in [0.2, 0.25) is 0 Å². The van der Waals surface area contributed by atoms with Crippen molar-refractivity contribution in [1.29, 1.82) is 0 Å². The van der Waals surface area contributed by atoms with Crippen LogP contribution in [0, 0.1) is 17.5 Å². The largest absolute Gasteiger partial charge is 0.392 e. The topological polar surface area (TPSA) is 20.2 Å². The fraction of sp³-hybridized carbons (Fsp3) is 0.0769. The van der Waals surface area contributed by atoms with E-state index in [1.54, 1.807) is 0 Å². The van der Waals surface area contributed by atoms with Crippen molar-refractivity contribution < 1.29 is 18.3 Å². The molecule has 0 aliphatic carbocycles. The molecule has 0 unspecified atom stereocenters. The van der Waals surface area contributed by atoms with Gasteiger partial charge in [-0.25, -0.2) is 13.2 Å². The SMILES string of the molecule is OCc1ccc(F)c(-c2cccc(F)c2F)c1. The summed E-state index contributed by atoms with van der Waals surface area (Å²) in [6, 6.07) is 7.36. The van der Waals surface area contributed by atoms with Gasteiger partial charge in [0, 0.05) is 11.1 Å². The first-order valence-corrected chi connectivity index (χ1v) is 4.97. The highest BCUT2D eigenvalue weighted by molar-refractivity contribution is 5.65. The standard InChI is InChI=1S/C13H9F3O/c14-11-5-4-8(7-17)6-10(11)9-2-1-3-12(15)13(9)16/h1-6,17H,7H2. The highest BCUT2D eigenvalue weighted by Crippen LogP contribution is 2.27. The Bertz CT molecular complexity index is 552. The van der Waals surface area contributed by atoms with E-state index in [1.807, 2.05) is 0 Å². The second kappa shape index (κ2) is 4.59. The van der Waals surface area contributed by atoms with Gasteiger partial charge in [0.25, 0.3) is 0 Å². The fourth-order valence-corrected chi connectivity index (χ4v) is 1.59. The summed E-state index contributed by atoms with van der Waals surface area (Å²) in [6.07, 6.45) is 0. The number of halogens is 3. The molecule has 0 aliphatic rings. The molecule has 88 valence electrons. The van der Waals surface area contributed by atoms with Crippen LogP contribution in [0.1, 0.15) is 5.56 Å². The Morgan fingerprint density at radius 2 is 1.65 bits per heavy atom. The molecule has 0 fully saturated rings. The zero-order valence-electron chi connectivity index (χ0n) is 8.75. The van der Waals surface area contributed by atoms with Crippen molar-refractivity contribution in [3.8, 4) is 11.1 Å². The minimum Gasteiger partial charge on any atom is -0.392 e. The number of rotatable bonds is 2. The summed E-state index contributed by atoms with van der Waals surface area (Å²) in [7, 11) is 0. The minimum absolute atomic E-state index is 0.0615. The lowest BCUT2D eigenvalue weighted by molar-refractivity contribution is 0.282. The number of benzene rings is 2. The van der Waals surface area contributed by atoms with Gasteiger partial charge < -0.3 is 5.11 Å². The molecular weight excluding hydrogens is 229 g/mol. The quantitative estimate of drug-likeness (QED) is 0.851. The van der Waals surface area contributed by atoms with Gasteiger partial charge in [-0.15, -0.1) is 0 Å². The van der Waals surface area contributed by atoms with Crippen molar-refractivity contribution in [3.05, 3.63) is 59.4 Å². The van der Waals surface area contributed by atoms with Crippen molar-refractivity contribution in [1.82, 2.24) is 0 Å². The number of hydrogen-bond acceptors (Lipinski definition) is 1. The summed E-state index contributed by atoms with van der Waals surface area (Å²) in [5, 5.41) is 8.93. The van der Waals surface area contributed by atoms with Gasteiger partial charge >= 0.3 is 0 Å². The van der Waals surface area contributed by atoms with Crippen LogP contribution in [-0.4, -0.2) is 5.11 Å². The Hall–Kier alpha value is -1.81. The van der Waals surface area contributed by atoms with Crippen molar-refractivity contribution in [2.24, 2.45) is 0 Å². The van der Waals surface area contributed by atoms with Gasteiger partial charge in [0.05, 0.1) is 6.61 Å². The monoisotopic (exact) mass is 238 g/mol. The third-order valence-corrected chi connectivity index (χ3v) is 2.46. The Morgan fingerprint density at radius 1 is 0.882 bits per heavy atom. The Kier molecular flexibility index (Phi) is 3.15. The van der Waals surface area contributed by atoms with E-state index >= 15 is 0 Å². The van der Waals surface area contributed by atoms with Crippen LogP contribution in [0.3, 0.4) is 0 Å². The lowest BCUT2D eigenvalue weighted by atomic mass is 10.0. The van der Waals surface area contributed by atoms with Crippen LogP contribution in [0.4, 0.5) is 13.2 Å². The molecule has 0 saturated carbocycles. The molecule has 1 N–H and O–H groups in total. The lowest BCUT2D eigenvalue weighted by Gasteiger charge is -2.07. The van der Waals surface area contributed by atoms with Crippen LogP contribution in [0.5, 0.6) is 0 Å². The first kappa shape index (κ1) is 11.7. The zero-order chi connectivity index (χ0) is 12.4.